The number of benzene rings is 1. The minimum Gasteiger partial charge on any atom is -0.452 e. The zero-order valence-electron chi connectivity index (χ0n) is 15.0. The fourth-order valence-corrected chi connectivity index (χ4v) is 3.23. The summed E-state index contributed by atoms with van der Waals surface area (Å²) in [5.41, 5.74) is 1.95. The summed E-state index contributed by atoms with van der Waals surface area (Å²) in [5, 5.41) is 2.77. The summed E-state index contributed by atoms with van der Waals surface area (Å²) in [6.07, 6.45) is 6.47. The van der Waals surface area contributed by atoms with Crippen LogP contribution in [0.5, 0.6) is 0 Å². The van der Waals surface area contributed by atoms with Crippen LogP contribution < -0.4 is 10.2 Å². The highest BCUT2D eigenvalue weighted by Gasteiger charge is 2.14. The van der Waals surface area contributed by atoms with E-state index in [9.17, 15) is 9.59 Å². The molecule has 2 aromatic rings. The fourth-order valence-electron chi connectivity index (χ4n) is 3.03. The molecule has 0 atom stereocenters. The highest BCUT2D eigenvalue weighted by atomic mass is 35.5. The van der Waals surface area contributed by atoms with E-state index < -0.39 is 18.5 Å². The Kier molecular flexibility index (Phi) is 6.65. The van der Waals surface area contributed by atoms with Gasteiger partial charge in [0.1, 0.15) is 5.15 Å². The summed E-state index contributed by atoms with van der Waals surface area (Å²) < 4.78 is 4.99. The molecule has 1 aliphatic heterocycles. The molecule has 0 unspecified atom stereocenters. The highest BCUT2D eigenvalue weighted by Crippen LogP contribution is 2.21. The van der Waals surface area contributed by atoms with Crippen molar-refractivity contribution < 1.29 is 14.3 Å². The van der Waals surface area contributed by atoms with E-state index in [0.717, 1.165) is 18.8 Å². The second kappa shape index (κ2) is 9.37. The van der Waals surface area contributed by atoms with Crippen molar-refractivity contribution in [3.05, 3.63) is 53.3 Å². The SMILES string of the molecule is O=C(COC(=O)c1cccnc1Cl)Nc1ccc(N2CCCCCC2)cc1. The van der Waals surface area contributed by atoms with Gasteiger partial charge in [-0.3, -0.25) is 4.79 Å². The van der Waals surface area contributed by atoms with Gasteiger partial charge in [-0.15, -0.1) is 0 Å². The van der Waals surface area contributed by atoms with Crippen LogP contribution in [-0.4, -0.2) is 36.6 Å². The normalized spacial score (nSPS) is 14.3. The minimum atomic E-state index is -0.681. The first-order valence-electron chi connectivity index (χ1n) is 9.06. The molecule has 0 spiro atoms. The van der Waals surface area contributed by atoms with E-state index in [0.29, 0.717) is 5.69 Å². The third-order valence-electron chi connectivity index (χ3n) is 4.44. The van der Waals surface area contributed by atoms with Gasteiger partial charge in [-0.2, -0.15) is 0 Å². The molecule has 1 aliphatic rings. The number of anilines is 2. The Bertz CT molecular complexity index is 787. The molecule has 1 N–H and O–H groups in total. The summed E-state index contributed by atoms with van der Waals surface area (Å²) in [7, 11) is 0. The maximum Gasteiger partial charge on any atom is 0.341 e. The van der Waals surface area contributed by atoms with Gasteiger partial charge in [0.05, 0.1) is 5.56 Å². The molecule has 0 radical (unpaired) electrons. The first-order valence-corrected chi connectivity index (χ1v) is 9.44. The van der Waals surface area contributed by atoms with Crippen molar-refractivity contribution in [1.29, 1.82) is 0 Å². The number of pyridine rings is 1. The van der Waals surface area contributed by atoms with Crippen LogP contribution in [0.15, 0.2) is 42.6 Å². The number of nitrogens with zero attached hydrogens (tertiary/aromatic N) is 2. The van der Waals surface area contributed by atoms with E-state index in [1.807, 2.05) is 24.3 Å². The van der Waals surface area contributed by atoms with Gasteiger partial charge in [-0.05, 0) is 49.2 Å². The summed E-state index contributed by atoms with van der Waals surface area (Å²) >= 11 is 5.84. The molecular weight excluding hydrogens is 366 g/mol. The van der Waals surface area contributed by atoms with E-state index >= 15 is 0 Å². The lowest BCUT2D eigenvalue weighted by Crippen LogP contribution is -2.24. The van der Waals surface area contributed by atoms with Crippen LogP contribution in [0.2, 0.25) is 5.15 Å². The summed E-state index contributed by atoms with van der Waals surface area (Å²) in [5.74, 6) is -1.09. The van der Waals surface area contributed by atoms with Crippen molar-refractivity contribution in [2.45, 2.75) is 25.7 Å². The van der Waals surface area contributed by atoms with Crippen LogP contribution in [0.1, 0.15) is 36.0 Å². The Balaban J connectivity index is 1.50. The molecule has 6 nitrogen and oxygen atoms in total. The maximum atomic E-state index is 12.0. The fraction of sp³-hybridized carbons (Fsp3) is 0.350. The molecule has 1 saturated heterocycles. The van der Waals surface area contributed by atoms with E-state index in [4.69, 9.17) is 16.3 Å². The van der Waals surface area contributed by atoms with Gasteiger partial charge in [0, 0.05) is 30.7 Å². The molecular formula is C20H22ClN3O3. The number of ether oxygens (including phenoxy) is 1. The van der Waals surface area contributed by atoms with E-state index in [1.165, 1.54) is 37.9 Å². The maximum absolute atomic E-state index is 12.0. The van der Waals surface area contributed by atoms with Crippen molar-refractivity contribution >= 4 is 34.9 Å². The third-order valence-corrected chi connectivity index (χ3v) is 4.74. The van der Waals surface area contributed by atoms with Gasteiger partial charge in [0.2, 0.25) is 0 Å². The minimum absolute atomic E-state index is 0.0482. The van der Waals surface area contributed by atoms with Crippen molar-refractivity contribution in [3.8, 4) is 0 Å². The Hall–Kier alpha value is -2.60. The number of amides is 1. The average Bonchev–Trinajstić information content (AvgIpc) is 2.97. The molecule has 0 saturated carbocycles. The van der Waals surface area contributed by atoms with Crippen LogP contribution in [0.4, 0.5) is 11.4 Å². The van der Waals surface area contributed by atoms with Gasteiger partial charge >= 0.3 is 5.97 Å². The number of hydrogen-bond donors (Lipinski definition) is 1. The topological polar surface area (TPSA) is 71.5 Å². The number of rotatable bonds is 5. The number of aromatic nitrogens is 1. The van der Waals surface area contributed by atoms with Crippen LogP contribution in [0, 0.1) is 0 Å². The van der Waals surface area contributed by atoms with Crippen LogP contribution >= 0.6 is 11.6 Å². The van der Waals surface area contributed by atoms with Crippen LogP contribution in [0.25, 0.3) is 0 Å². The number of esters is 1. The second-order valence-corrected chi connectivity index (χ2v) is 6.77. The number of halogens is 1. The number of carbonyl (C=O) groups excluding carboxylic acids is 2. The quantitative estimate of drug-likeness (QED) is 0.622. The van der Waals surface area contributed by atoms with Crippen molar-refractivity contribution in [1.82, 2.24) is 4.98 Å². The van der Waals surface area contributed by atoms with E-state index in [1.54, 1.807) is 6.07 Å². The molecule has 1 aromatic heterocycles. The Morgan fingerprint density at radius 2 is 1.78 bits per heavy atom. The van der Waals surface area contributed by atoms with Crippen LogP contribution in [-0.2, 0) is 9.53 Å². The lowest BCUT2D eigenvalue weighted by atomic mass is 10.2. The first kappa shape index (κ1) is 19.2. The summed E-state index contributed by atoms with van der Waals surface area (Å²) in [6.45, 7) is 1.75. The van der Waals surface area contributed by atoms with Gasteiger partial charge in [0.25, 0.3) is 5.91 Å². The zero-order chi connectivity index (χ0) is 19.1. The smallest absolute Gasteiger partial charge is 0.341 e. The number of carbonyl (C=O) groups is 2. The predicted molar refractivity (Wildman–Crippen MR) is 105 cm³/mol. The van der Waals surface area contributed by atoms with Crippen LogP contribution in [0.3, 0.4) is 0 Å². The lowest BCUT2D eigenvalue weighted by Gasteiger charge is -2.22. The molecule has 142 valence electrons. The van der Waals surface area contributed by atoms with Crippen molar-refractivity contribution in [3.63, 3.8) is 0 Å². The first-order chi connectivity index (χ1) is 13.1. The van der Waals surface area contributed by atoms with Crippen molar-refractivity contribution in [2.75, 3.05) is 29.9 Å². The zero-order valence-corrected chi connectivity index (χ0v) is 15.7. The molecule has 1 amide bonds. The molecule has 1 fully saturated rings. The molecule has 1 aromatic carbocycles. The van der Waals surface area contributed by atoms with Gasteiger partial charge in [-0.1, -0.05) is 24.4 Å². The molecule has 7 heteroatoms. The average molecular weight is 388 g/mol. The van der Waals surface area contributed by atoms with Crippen molar-refractivity contribution in [2.24, 2.45) is 0 Å². The third kappa shape index (κ3) is 5.44. The predicted octanol–water partition coefficient (Wildman–Crippen LogP) is 3.91. The van der Waals surface area contributed by atoms with Gasteiger partial charge < -0.3 is 15.0 Å². The van der Waals surface area contributed by atoms with E-state index in [2.05, 4.69) is 15.2 Å². The Morgan fingerprint density at radius 3 is 2.44 bits per heavy atom. The van der Waals surface area contributed by atoms with E-state index in [-0.39, 0.29) is 10.7 Å². The summed E-state index contributed by atoms with van der Waals surface area (Å²) in [6, 6.07) is 10.8. The standard InChI is InChI=1S/C20H22ClN3O3/c21-19-17(6-5-11-22-19)20(26)27-14-18(25)23-15-7-9-16(10-8-15)24-12-3-1-2-4-13-24/h5-11H,1-4,12-14H2,(H,23,25). The second-order valence-electron chi connectivity index (χ2n) is 6.41. The largest absolute Gasteiger partial charge is 0.452 e. The lowest BCUT2D eigenvalue weighted by molar-refractivity contribution is -0.119. The molecule has 3 rings (SSSR count). The number of hydrogen-bond acceptors (Lipinski definition) is 5. The van der Waals surface area contributed by atoms with Gasteiger partial charge in [-0.25, -0.2) is 9.78 Å². The highest BCUT2D eigenvalue weighted by molar-refractivity contribution is 6.32. The van der Waals surface area contributed by atoms with Gasteiger partial charge in [0.15, 0.2) is 6.61 Å². The summed E-state index contributed by atoms with van der Waals surface area (Å²) in [4.78, 5) is 30.1. The molecule has 2 heterocycles. The Labute approximate surface area is 163 Å². The molecule has 0 bridgehead atoms. The molecule has 27 heavy (non-hydrogen) atoms. The monoisotopic (exact) mass is 387 g/mol. The number of nitrogens with one attached hydrogen (secondary N) is 1. The molecule has 0 aliphatic carbocycles. The Morgan fingerprint density at radius 1 is 1.07 bits per heavy atom.